The molecule has 0 bridgehead atoms. The normalized spacial score (nSPS) is 11.8. The lowest BCUT2D eigenvalue weighted by atomic mass is 9.85. The van der Waals surface area contributed by atoms with E-state index in [1.165, 1.54) is 17.7 Å². The van der Waals surface area contributed by atoms with Crippen LogP contribution in [0.4, 0.5) is 0 Å². The summed E-state index contributed by atoms with van der Waals surface area (Å²) in [5, 5.41) is 0. The number of aryl methyl sites for hydroxylation is 2. The van der Waals surface area contributed by atoms with E-state index in [4.69, 9.17) is 0 Å². The van der Waals surface area contributed by atoms with Gasteiger partial charge in [-0.15, -0.1) is 0 Å². The predicted molar refractivity (Wildman–Crippen MR) is 97.3 cm³/mol. The lowest BCUT2D eigenvalue weighted by Gasteiger charge is -2.21. The van der Waals surface area contributed by atoms with E-state index in [0.29, 0.717) is 5.41 Å². The first-order chi connectivity index (χ1) is 11.6. The minimum absolute atomic E-state index is 0.326. The van der Waals surface area contributed by atoms with Crippen LogP contribution in [-0.4, -0.2) is 19.5 Å². The van der Waals surface area contributed by atoms with Crippen molar-refractivity contribution in [2.75, 3.05) is 0 Å². The second-order valence-electron chi connectivity index (χ2n) is 7.19. The van der Waals surface area contributed by atoms with Gasteiger partial charge in [-0.1, -0.05) is 39.3 Å². The van der Waals surface area contributed by atoms with Gasteiger partial charge in [0, 0.05) is 36.4 Å². The number of hydrogen-bond donors (Lipinski definition) is 1. The molecule has 0 saturated heterocycles. The first-order valence-corrected chi connectivity index (χ1v) is 8.66. The van der Waals surface area contributed by atoms with Crippen molar-refractivity contribution in [1.29, 1.82) is 0 Å². The van der Waals surface area contributed by atoms with Crippen molar-refractivity contribution < 1.29 is 0 Å². The Morgan fingerprint density at radius 1 is 1.12 bits per heavy atom. The number of nitrogens with zero attached hydrogens (tertiary/aromatic N) is 3. The number of H-pyrrole nitrogens is 1. The molecule has 24 heavy (non-hydrogen) atoms. The highest BCUT2D eigenvalue weighted by Gasteiger charge is 2.17. The molecule has 0 atom stereocenters. The number of benzene rings is 1. The zero-order chi connectivity index (χ0) is 17.0. The Morgan fingerprint density at radius 2 is 1.92 bits per heavy atom. The molecule has 0 aliphatic heterocycles. The third-order valence-corrected chi connectivity index (χ3v) is 4.70. The summed E-state index contributed by atoms with van der Waals surface area (Å²) in [5.74, 6) is 1.08. The molecular weight excluding hydrogens is 296 g/mol. The molecule has 0 spiro atoms. The summed E-state index contributed by atoms with van der Waals surface area (Å²) in [6.45, 7) is 6.84. The fraction of sp³-hybridized carbons (Fsp3) is 0.400. The first kappa shape index (κ1) is 16.5. The van der Waals surface area contributed by atoms with E-state index in [0.717, 1.165) is 30.8 Å². The van der Waals surface area contributed by atoms with Gasteiger partial charge >= 0.3 is 0 Å². The topological polar surface area (TPSA) is 46.5 Å². The molecule has 3 rings (SSSR count). The molecular formula is C20H26N4. The molecule has 0 aliphatic carbocycles. The molecule has 0 aliphatic rings. The molecule has 126 valence electrons. The summed E-state index contributed by atoms with van der Waals surface area (Å²) >= 11 is 0. The second-order valence-corrected chi connectivity index (χ2v) is 7.19. The third kappa shape index (κ3) is 4.13. The number of hydrogen-bond acceptors (Lipinski definition) is 2. The van der Waals surface area contributed by atoms with Gasteiger partial charge in [0.1, 0.15) is 5.82 Å². The predicted octanol–water partition coefficient (Wildman–Crippen LogP) is 4.36. The molecule has 4 heteroatoms. The number of aromatic amines is 1. The standard InChI is InChI=1S/C20H26N4/c1-4-20(2,3)13-17-14-22-19(23-17)10-7-16-5-8-18(9-6-16)24-12-11-21-15-24/h5-6,8-9,11-12,14-15H,4,7,10,13H2,1-3H3,(H,22,23). The summed E-state index contributed by atoms with van der Waals surface area (Å²) in [5.41, 5.74) is 4.03. The van der Waals surface area contributed by atoms with Gasteiger partial charge in [0.05, 0.1) is 6.33 Å². The van der Waals surface area contributed by atoms with Crippen molar-refractivity contribution in [2.45, 2.75) is 46.5 Å². The Kier molecular flexibility index (Phi) is 4.84. The SMILES string of the molecule is CCC(C)(C)Cc1cnc(CCc2ccc(-n3ccnc3)cc2)[nH]1. The summed E-state index contributed by atoms with van der Waals surface area (Å²) in [4.78, 5) is 12.1. The maximum atomic E-state index is 4.54. The van der Waals surface area contributed by atoms with E-state index >= 15 is 0 Å². The van der Waals surface area contributed by atoms with Crippen LogP contribution in [0.2, 0.25) is 0 Å². The molecule has 1 aromatic carbocycles. The lowest BCUT2D eigenvalue weighted by molar-refractivity contribution is 0.346. The van der Waals surface area contributed by atoms with E-state index in [1.54, 1.807) is 6.20 Å². The average Bonchev–Trinajstić information content (AvgIpc) is 3.25. The van der Waals surface area contributed by atoms with Gasteiger partial charge in [0.15, 0.2) is 0 Å². The first-order valence-electron chi connectivity index (χ1n) is 8.66. The van der Waals surface area contributed by atoms with Gasteiger partial charge in [-0.3, -0.25) is 0 Å². The molecule has 0 amide bonds. The highest BCUT2D eigenvalue weighted by atomic mass is 15.0. The van der Waals surface area contributed by atoms with Gasteiger partial charge in [-0.25, -0.2) is 9.97 Å². The van der Waals surface area contributed by atoms with E-state index in [2.05, 4.69) is 60.0 Å². The van der Waals surface area contributed by atoms with E-state index in [1.807, 2.05) is 23.3 Å². The van der Waals surface area contributed by atoms with Crippen LogP contribution in [0.1, 0.15) is 44.3 Å². The van der Waals surface area contributed by atoms with Gasteiger partial charge < -0.3 is 9.55 Å². The molecule has 0 radical (unpaired) electrons. The van der Waals surface area contributed by atoms with Gasteiger partial charge in [-0.2, -0.15) is 0 Å². The zero-order valence-electron chi connectivity index (χ0n) is 14.8. The smallest absolute Gasteiger partial charge is 0.106 e. The quantitative estimate of drug-likeness (QED) is 0.702. The van der Waals surface area contributed by atoms with E-state index in [9.17, 15) is 0 Å². The minimum Gasteiger partial charge on any atom is -0.346 e. The molecule has 2 heterocycles. The Bertz CT molecular complexity index is 751. The average molecular weight is 322 g/mol. The molecule has 1 N–H and O–H groups in total. The van der Waals surface area contributed by atoms with Crippen LogP contribution in [0, 0.1) is 5.41 Å². The van der Waals surface area contributed by atoms with E-state index < -0.39 is 0 Å². The van der Waals surface area contributed by atoms with Crippen LogP contribution in [0.25, 0.3) is 5.69 Å². The van der Waals surface area contributed by atoms with Crippen LogP contribution in [0.5, 0.6) is 0 Å². The van der Waals surface area contributed by atoms with Crippen LogP contribution < -0.4 is 0 Å². The van der Waals surface area contributed by atoms with Crippen molar-refractivity contribution >= 4 is 0 Å². The molecule has 4 nitrogen and oxygen atoms in total. The van der Waals surface area contributed by atoms with Crippen molar-refractivity contribution in [1.82, 2.24) is 19.5 Å². The Labute approximate surface area is 144 Å². The van der Waals surface area contributed by atoms with Crippen molar-refractivity contribution in [2.24, 2.45) is 5.41 Å². The number of aromatic nitrogens is 4. The number of rotatable bonds is 7. The largest absolute Gasteiger partial charge is 0.346 e. The van der Waals surface area contributed by atoms with Crippen LogP contribution in [-0.2, 0) is 19.3 Å². The number of imidazole rings is 2. The van der Waals surface area contributed by atoms with Gasteiger partial charge in [0.2, 0.25) is 0 Å². The van der Waals surface area contributed by atoms with Crippen LogP contribution >= 0.6 is 0 Å². The Morgan fingerprint density at radius 3 is 2.58 bits per heavy atom. The highest BCUT2D eigenvalue weighted by molar-refractivity contribution is 5.34. The molecule has 3 aromatic rings. The second kappa shape index (κ2) is 7.04. The summed E-state index contributed by atoms with van der Waals surface area (Å²) in [7, 11) is 0. The van der Waals surface area contributed by atoms with Gasteiger partial charge in [-0.05, 0) is 36.0 Å². The lowest BCUT2D eigenvalue weighted by Crippen LogP contribution is -2.13. The molecule has 2 aromatic heterocycles. The molecule has 0 fully saturated rings. The highest BCUT2D eigenvalue weighted by Crippen LogP contribution is 2.24. The fourth-order valence-corrected chi connectivity index (χ4v) is 2.77. The maximum absolute atomic E-state index is 4.54. The van der Waals surface area contributed by atoms with Gasteiger partial charge in [0.25, 0.3) is 0 Å². The van der Waals surface area contributed by atoms with Crippen molar-refractivity contribution in [3.63, 3.8) is 0 Å². The molecule has 0 unspecified atom stereocenters. The third-order valence-electron chi connectivity index (χ3n) is 4.70. The van der Waals surface area contributed by atoms with Crippen molar-refractivity contribution in [3.8, 4) is 5.69 Å². The Hall–Kier alpha value is -2.36. The summed E-state index contributed by atoms with van der Waals surface area (Å²) in [6, 6.07) is 8.63. The Balaban J connectivity index is 1.57. The minimum atomic E-state index is 0.326. The van der Waals surface area contributed by atoms with Crippen LogP contribution in [0.15, 0.2) is 49.2 Å². The summed E-state index contributed by atoms with van der Waals surface area (Å²) < 4.78 is 2.01. The number of nitrogens with one attached hydrogen (secondary N) is 1. The van der Waals surface area contributed by atoms with Crippen LogP contribution in [0.3, 0.4) is 0 Å². The monoisotopic (exact) mass is 322 g/mol. The molecule has 0 saturated carbocycles. The summed E-state index contributed by atoms with van der Waals surface area (Å²) in [6.07, 6.45) is 11.7. The maximum Gasteiger partial charge on any atom is 0.106 e. The zero-order valence-corrected chi connectivity index (χ0v) is 14.8. The fourth-order valence-electron chi connectivity index (χ4n) is 2.77. The van der Waals surface area contributed by atoms with E-state index in [-0.39, 0.29) is 0 Å². The van der Waals surface area contributed by atoms with Crippen molar-refractivity contribution in [3.05, 3.63) is 66.3 Å².